The van der Waals surface area contributed by atoms with Crippen LogP contribution in [0.15, 0.2) is 0 Å². The van der Waals surface area contributed by atoms with Crippen LogP contribution in [-0.4, -0.2) is 8.35 Å². The van der Waals surface area contributed by atoms with E-state index in [1.165, 1.54) is 0 Å². The fraction of sp³-hybridized carbons (Fsp3) is 0.667. The van der Waals surface area contributed by atoms with Gasteiger partial charge in [0.05, 0.1) is 0 Å². The van der Waals surface area contributed by atoms with Crippen LogP contribution in [0.2, 0.25) is 0 Å². The van der Waals surface area contributed by atoms with E-state index in [-0.39, 0.29) is 5.92 Å². The molecule has 0 spiro atoms. The summed E-state index contributed by atoms with van der Waals surface area (Å²) >= 11 is -0.655. The Balaban J connectivity index is 2.09. The van der Waals surface area contributed by atoms with Crippen LogP contribution in [0.25, 0.3) is 0 Å². The zero-order valence-corrected chi connectivity index (χ0v) is 6.97. The molecule has 9 heavy (non-hydrogen) atoms. The van der Waals surface area contributed by atoms with E-state index in [0.29, 0.717) is 14.3 Å². The third kappa shape index (κ3) is 0.806. The van der Waals surface area contributed by atoms with Crippen LogP contribution >= 0.6 is 0 Å². The summed E-state index contributed by atoms with van der Waals surface area (Å²) in [5.74, 6) is 0.386. The minimum atomic E-state index is -0.655. The number of carbonyl (C=O) groups excluding carboxylic acids is 2. The molecule has 0 unspecified atom stereocenters. The molecule has 0 aromatic heterocycles. The maximum atomic E-state index is 10.8. The molecule has 0 atom stereocenters. The minimum absolute atomic E-state index is 0.0988. The molecule has 2 aliphatic rings. The van der Waals surface area contributed by atoms with E-state index in [1.807, 2.05) is 0 Å². The van der Waals surface area contributed by atoms with Gasteiger partial charge in [0, 0.05) is 0 Å². The number of rotatable bonds is 1. The molecule has 2 rings (SSSR count). The van der Waals surface area contributed by atoms with Gasteiger partial charge in [0.15, 0.2) is 0 Å². The van der Waals surface area contributed by atoms with E-state index in [2.05, 4.69) is 0 Å². The van der Waals surface area contributed by atoms with E-state index < -0.39 is 18.6 Å². The molecule has 1 heterocycles. The van der Waals surface area contributed by atoms with Crippen LogP contribution < -0.4 is 0 Å². The fourth-order valence-electron chi connectivity index (χ4n) is 0.981. The van der Waals surface area contributed by atoms with Crippen LogP contribution in [0, 0.1) is 11.8 Å². The molecule has 0 radical (unpaired) electrons. The van der Waals surface area contributed by atoms with Crippen molar-refractivity contribution in [2.45, 2.75) is 12.8 Å². The van der Waals surface area contributed by atoms with Crippen molar-refractivity contribution in [1.29, 1.82) is 0 Å². The monoisotopic (exact) mass is 305 g/mol. The molecule has 1 saturated carbocycles. The first kappa shape index (κ1) is 5.79. The van der Waals surface area contributed by atoms with Gasteiger partial charge < -0.3 is 0 Å². The average molecular weight is 305 g/mol. The summed E-state index contributed by atoms with van der Waals surface area (Å²) in [6.07, 6.45) is 2.23. The van der Waals surface area contributed by atoms with Crippen molar-refractivity contribution in [3.05, 3.63) is 0 Å². The van der Waals surface area contributed by atoms with E-state index in [0.717, 1.165) is 12.8 Å². The summed E-state index contributed by atoms with van der Waals surface area (Å²) in [4.78, 5) is 21.5. The van der Waals surface area contributed by atoms with E-state index >= 15 is 0 Å². The predicted octanol–water partition coefficient (Wildman–Crippen LogP) is 0.162. The van der Waals surface area contributed by atoms with E-state index in [9.17, 15) is 9.59 Å². The van der Waals surface area contributed by atoms with Crippen molar-refractivity contribution in [3.8, 4) is 0 Å². The summed E-state index contributed by atoms with van der Waals surface area (Å²) < 4.78 is 0.588. The molecule has 1 saturated heterocycles. The predicted molar refractivity (Wildman–Crippen MR) is 26.2 cm³/mol. The summed E-state index contributed by atoms with van der Waals surface area (Å²) in [6, 6.07) is 0. The molecule has 52 valence electrons. The first-order valence-electron chi connectivity index (χ1n) is 2.95. The van der Waals surface area contributed by atoms with Crippen molar-refractivity contribution < 1.29 is 28.2 Å². The molecule has 3 heteroatoms. The first-order chi connectivity index (χ1) is 4.29. The standard InChI is InChI=1S/C6H6O2.Pt/c7-3-6(4-8)5-1-2-5;/h5-6H,1-2H2;. The topological polar surface area (TPSA) is 34.1 Å². The molecule has 2 nitrogen and oxygen atoms in total. The van der Waals surface area contributed by atoms with Gasteiger partial charge in [0.2, 0.25) is 0 Å². The Labute approximate surface area is 61.5 Å². The van der Waals surface area contributed by atoms with Crippen molar-refractivity contribution >= 4 is 8.35 Å². The molecule has 0 bridgehead atoms. The van der Waals surface area contributed by atoms with Crippen LogP contribution in [0.5, 0.6) is 0 Å². The zero-order chi connectivity index (χ0) is 6.43. The maximum absolute atomic E-state index is 10.8. The average Bonchev–Trinajstić information content (AvgIpc) is 2.49. The number of carbonyl (C=O) groups is 2. The molecular formula is C6H6O2Pt. The van der Waals surface area contributed by atoms with Gasteiger partial charge >= 0.3 is 61.2 Å². The normalized spacial score (nSPS) is 29.3. The SMILES string of the molecule is O=[C]1[Pt][C](=O)C1C1CC1. The van der Waals surface area contributed by atoms with Crippen molar-refractivity contribution in [2.24, 2.45) is 11.8 Å². The van der Waals surface area contributed by atoms with Gasteiger partial charge in [-0.15, -0.1) is 0 Å². The fourth-order valence-corrected chi connectivity index (χ4v) is 3.39. The van der Waals surface area contributed by atoms with Gasteiger partial charge in [-0.25, -0.2) is 0 Å². The van der Waals surface area contributed by atoms with Crippen LogP contribution in [0.1, 0.15) is 12.8 Å². The summed E-state index contributed by atoms with van der Waals surface area (Å²) in [5, 5.41) is 0. The molecule has 0 aromatic rings. The van der Waals surface area contributed by atoms with E-state index in [4.69, 9.17) is 0 Å². The Morgan fingerprint density at radius 2 is 1.78 bits per heavy atom. The first-order valence-corrected chi connectivity index (χ1v) is 5.22. The van der Waals surface area contributed by atoms with Gasteiger partial charge in [-0.05, 0) is 0 Å². The molecule has 2 fully saturated rings. The summed E-state index contributed by atoms with van der Waals surface area (Å²) in [7, 11) is 0. The Hall–Kier alpha value is 0.0283. The third-order valence-corrected chi connectivity index (χ3v) is 4.23. The zero-order valence-electron chi connectivity index (χ0n) is 4.70. The van der Waals surface area contributed by atoms with Gasteiger partial charge in [0.1, 0.15) is 0 Å². The molecule has 1 aliphatic carbocycles. The van der Waals surface area contributed by atoms with Gasteiger partial charge in [0.25, 0.3) is 0 Å². The number of hydrogen-bond donors (Lipinski definition) is 0. The van der Waals surface area contributed by atoms with Crippen molar-refractivity contribution in [2.75, 3.05) is 0 Å². The van der Waals surface area contributed by atoms with Crippen molar-refractivity contribution in [1.82, 2.24) is 0 Å². The Kier molecular flexibility index (Phi) is 1.13. The Bertz CT molecular complexity index is 169. The molecule has 0 amide bonds. The van der Waals surface area contributed by atoms with Crippen LogP contribution in [-0.2, 0) is 28.2 Å². The summed E-state index contributed by atoms with van der Waals surface area (Å²) in [5.41, 5.74) is 0. The second-order valence-corrected chi connectivity index (χ2v) is 5.25. The molecule has 0 N–H and O–H groups in total. The summed E-state index contributed by atoms with van der Waals surface area (Å²) in [6.45, 7) is 0. The molecule has 1 aliphatic heterocycles. The van der Waals surface area contributed by atoms with Gasteiger partial charge in [-0.2, -0.15) is 0 Å². The van der Waals surface area contributed by atoms with E-state index in [1.54, 1.807) is 0 Å². The Morgan fingerprint density at radius 3 is 2.00 bits per heavy atom. The van der Waals surface area contributed by atoms with Gasteiger partial charge in [-0.3, -0.25) is 0 Å². The van der Waals surface area contributed by atoms with Crippen LogP contribution in [0.3, 0.4) is 0 Å². The third-order valence-electron chi connectivity index (χ3n) is 1.70. The number of hydrogen-bond acceptors (Lipinski definition) is 2. The quantitative estimate of drug-likeness (QED) is 0.647. The van der Waals surface area contributed by atoms with Gasteiger partial charge in [-0.1, -0.05) is 0 Å². The second kappa shape index (κ2) is 1.76. The molecule has 0 aromatic carbocycles. The van der Waals surface area contributed by atoms with Crippen molar-refractivity contribution in [3.63, 3.8) is 0 Å². The van der Waals surface area contributed by atoms with Crippen LogP contribution in [0.4, 0.5) is 0 Å². The molecular weight excluding hydrogens is 299 g/mol. The Morgan fingerprint density at radius 1 is 1.22 bits per heavy atom. The second-order valence-electron chi connectivity index (χ2n) is 2.44.